The van der Waals surface area contributed by atoms with Gasteiger partial charge in [0.2, 0.25) is 5.91 Å². The second kappa shape index (κ2) is 7.17. The second-order valence-corrected chi connectivity index (χ2v) is 9.61. The van der Waals surface area contributed by atoms with E-state index >= 15 is 0 Å². The highest BCUT2D eigenvalue weighted by Crippen LogP contribution is 2.45. The van der Waals surface area contributed by atoms with Crippen LogP contribution in [-0.4, -0.2) is 52.2 Å². The molecule has 1 spiro atoms. The number of likely N-dealkylation sites (tertiary alicyclic amines) is 1. The molecule has 2 aromatic carbocycles. The molecule has 2 aliphatic heterocycles. The summed E-state index contributed by atoms with van der Waals surface area (Å²) in [5.41, 5.74) is 7.09. The molecule has 2 fully saturated rings. The highest BCUT2D eigenvalue weighted by atomic mass is 16.2. The van der Waals surface area contributed by atoms with Gasteiger partial charge in [-0.15, -0.1) is 0 Å². The van der Waals surface area contributed by atoms with E-state index in [1.807, 2.05) is 11.1 Å². The monoisotopic (exact) mass is 437 g/mol. The van der Waals surface area contributed by atoms with E-state index in [0.29, 0.717) is 0 Å². The van der Waals surface area contributed by atoms with Gasteiger partial charge in [0.25, 0.3) is 0 Å². The molecule has 6 rings (SSSR count). The van der Waals surface area contributed by atoms with E-state index in [1.54, 1.807) is 0 Å². The minimum absolute atomic E-state index is 0.0325. The molecule has 0 unspecified atom stereocenters. The van der Waals surface area contributed by atoms with Gasteiger partial charge < -0.3 is 9.80 Å². The first-order valence-electron chi connectivity index (χ1n) is 11.5. The molecule has 33 heavy (non-hydrogen) atoms. The van der Waals surface area contributed by atoms with Gasteiger partial charge in [0.05, 0.1) is 17.2 Å². The minimum atomic E-state index is 0.0325. The van der Waals surface area contributed by atoms with Gasteiger partial charge in [0, 0.05) is 47.9 Å². The van der Waals surface area contributed by atoms with E-state index in [9.17, 15) is 4.79 Å². The smallest absolute Gasteiger partial charge is 0.245 e. The van der Waals surface area contributed by atoms with Gasteiger partial charge >= 0.3 is 0 Å². The van der Waals surface area contributed by atoms with Gasteiger partial charge in [0.1, 0.15) is 5.82 Å². The lowest BCUT2D eigenvalue weighted by Crippen LogP contribution is -2.59. The third-order valence-electron chi connectivity index (χ3n) is 7.47. The summed E-state index contributed by atoms with van der Waals surface area (Å²) in [6.45, 7) is 11.5. The first kappa shape index (κ1) is 20.0. The van der Waals surface area contributed by atoms with Crippen molar-refractivity contribution < 1.29 is 4.79 Å². The molecule has 4 aromatic rings. The fourth-order valence-corrected chi connectivity index (χ4v) is 5.81. The van der Waals surface area contributed by atoms with Crippen LogP contribution < -0.4 is 4.90 Å². The number of nitrogens with one attached hydrogen (secondary N) is 1. The summed E-state index contributed by atoms with van der Waals surface area (Å²) in [5.74, 6) is 1.08. The van der Waals surface area contributed by atoms with Crippen molar-refractivity contribution >= 4 is 33.5 Å². The lowest BCUT2D eigenvalue weighted by molar-refractivity contribution is -0.136. The zero-order valence-corrected chi connectivity index (χ0v) is 19.1. The number of para-hydroxylation sites is 1. The van der Waals surface area contributed by atoms with Crippen molar-refractivity contribution in [3.05, 3.63) is 66.4 Å². The Kier molecular flexibility index (Phi) is 4.34. The van der Waals surface area contributed by atoms with Crippen molar-refractivity contribution in [2.24, 2.45) is 5.41 Å². The van der Waals surface area contributed by atoms with E-state index in [-0.39, 0.29) is 11.3 Å². The number of fused-ring (bicyclic) bond motifs is 2. The van der Waals surface area contributed by atoms with Crippen molar-refractivity contribution in [1.29, 1.82) is 0 Å². The molecule has 166 valence electrons. The number of nitrogens with zero attached hydrogens (tertiary/aromatic N) is 4. The van der Waals surface area contributed by atoms with E-state index in [0.717, 1.165) is 60.2 Å². The highest BCUT2D eigenvalue weighted by Gasteiger charge is 2.49. The van der Waals surface area contributed by atoms with Gasteiger partial charge in [-0.1, -0.05) is 30.8 Å². The molecule has 0 aliphatic carbocycles. The number of aryl methyl sites for hydroxylation is 1. The second-order valence-electron chi connectivity index (χ2n) is 9.61. The summed E-state index contributed by atoms with van der Waals surface area (Å²) in [4.78, 5) is 21.4. The molecule has 0 saturated carbocycles. The Morgan fingerprint density at radius 1 is 1.09 bits per heavy atom. The summed E-state index contributed by atoms with van der Waals surface area (Å²) in [7, 11) is 0. The zero-order chi connectivity index (χ0) is 22.7. The van der Waals surface area contributed by atoms with E-state index in [4.69, 9.17) is 4.98 Å². The maximum Gasteiger partial charge on any atom is 0.245 e. The third kappa shape index (κ3) is 2.97. The van der Waals surface area contributed by atoms with Crippen LogP contribution in [0.2, 0.25) is 0 Å². The largest absolute Gasteiger partial charge is 0.356 e. The highest BCUT2D eigenvalue weighted by molar-refractivity contribution is 6.07. The Bertz CT molecular complexity index is 1430. The predicted octanol–water partition coefficient (Wildman–Crippen LogP) is 4.62. The fourth-order valence-electron chi connectivity index (χ4n) is 5.81. The van der Waals surface area contributed by atoms with Gasteiger partial charge in [-0.25, -0.2) is 4.98 Å². The zero-order valence-electron chi connectivity index (χ0n) is 19.1. The number of amides is 1. The number of anilines is 1. The SMILES string of the molecule is C=CC(=O)N1CC2(CCN(c3nc4ccccc4c(-c4c(C)ccc5[nH]ncc45)c3C)C2)C1. The number of carbonyl (C=O) groups excluding carboxylic acids is 1. The van der Waals surface area contributed by atoms with Crippen molar-refractivity contribution in [1.82, 2.24) is 20.1 Å². The first-order chi connectivity index (χ1) is 16.0. The third-order valence-corrected chi connectivity index (χ3v) is 7.47. The molecule has 2 saturated heterocycles. The molecular weight excluding hydrogens is 410 g/mol. The van der Waals surface area contributed by atoms with Gasteiger partial charge in [-0.2, -0.15) is 5.10 Å². The lowest BCUT2D eigenvalue weighted by Gasteiger charge is -2.47. The number of carbonyl (C=O) groups is 1. The number of benzene rings is 2. The average Bonchev–Trinajstić information content (AvgIpc) is 3.46. The molecule has 0 radical (unpaired) electrons. The van der Waals surface area contributed by atoms with Crippen LogP contribution in [0, 0.1) is 19.3 Å². The van der Waals surface area contributed by atoms with Crippen molar-refractivity contribution in [2.75, 3.05) is 31.1 Å². The summed E-state index contributed by atoms with van der Waals surface area (Å²) in [5, 5.41) is 9.73. The number of pyridine rings is 1. The van der Waals surface area contributed by atoms with Crippen LogP contribution in [0.3, 0.4) is 0 Å². The molecule has 0 atom stereocenters. The molecule has 2 aliphatic rings. The van der Waals surface area contributed by atoms with Crippen LogP contribution in [0.5, 0.6) is 0 Å². The standard InChI is InChI=1S/C27H27N5O/c1-4-23(33)32-15-27(16-32)11-12-31(14-27)26-18(3)25(19-7-5-6-8-21(19)29-26)24-17(2)9-10-22-20(24)13-28-30-22/h4-10,13H,1,11-12,14-16H2,2-3H3,(H,28,30). The number of hydrogen-bond donors (Lipinski definition) is 1. The Hall–Kier alpha value is -3.67. The Morgan fingerprint density at radius 3 is 2.73 bits per heavy atom. The van der Waals surface area contributed by atoms with Gasteiger partial charge in [-0.05, 0) is 55.2 Å². The average molecular weight is 438 g/mol. The van der Waals surface area contributed by atoms with E-state index in [2.05, 4.69) is 71.9 Å². The number of hydrogen-bond acceptors (Lipinski definition) is 4. The normalized spacial score (nSPS) is 17.2. The Labute approximate surface area is 192 Å². The first-order valence-corrected chi connectivity index (χ1v) is 11.5. The predicted molar refractivity (Wildman–Crippen MR) is 132 cm³/mol. The number of aromatic nitrogens is 3. The lowest BCUT2D eigenvalue weighted by atomic mass is 9.79. The number of H-pyrrole nitrogens is 1. The van der Waals surface area contributed by atoms with Crippen LogP contribution in [0.4, 0.5) is 5.82 Å². The van der Waals surface area contributed by atoms with Gasteiger partial charge in [-0.3, -0.25) is 9.89 Å². The maximum absolute atomic E-state index is 12.0. The summed E-state index contributed by atoms with van der Waals surface area (Å²) >= 11 is 0. The Balaban J connectivity index is 1.47. The topological polar surface area (TPSA) is 65.1 Å². The molecular formula is C27H27N5O. The number of aromatic amines is 1. The fraction of sp³-hybridized carbons (Fsp3) is 0.296. The van der Waals surface area contributed by atoms with E-state index in [1.165, 1.54) is 28.3 Å². The summed E-state index contributed by atoms with van der Waals surface area (Å²) < 4.78 is 0. The quantitative estimate of drug-likeness (QED) is 0.475. The molecule has 6 heteroatoms. The molecule has 0 bridgehead atoms. The summed E-state index contributed by atoms with van der Waals surface area (Å²) in [6.07, 6.45) is 4.42. The molecule has 1 amide bonds. The van der Waals surface area contributed by atoms with Crippen molar-refractivity contribution in [3.63, 3.8) is 0 Å². The summed E-state index contributed by atoms with van der Waals surface area (Å²) in [6, 6.07) is 12.7. The van der Waals surface area contributed by atoms with Crippen LogP contribution >= 0.6 is 0 Å². The van der Waals surface area contributed by atoms with Crippen LogP contribution in [0.1, 0.15) is 17.5 Å². The maximum atomic E-state index is 12.0. The number of rotatable bonds is 3. The minimum Gasteiger partial charge on any atom is -0.356 e. The molecule has 2 aromatic heterocycles. The van der Waals surface area contributed by atoms with E-state index < -0.39 is 0 Å². The van der Waals surface area contributed by atoms with Crippen LogP contribution in [-0.2, 0) is 4.79 Å². The van der Waals surface area contributed by atoms with Gasteiger partial charge in [0.15, 0.2) is 0 Å². The van der Waals surface area contributed by atoms with Crippen molar-refractivity contribution in [3.8, 4) is 11.1 Å². The molecule has 4 heterocycles. The van der Waals surface area contributed by atoms with Crippen LogP contribution in [0.15, 0.2) is 55.3 Å². The molecule has 1 N–H and O–H groups in total. The molecule has 6 nitrogen and oxygen atoms in total. The van der Waals surface area contributed by atoms with Crippen LogP contribution in [0.25, 0.3) is 32.9 Å². The van der Waals surface area contributed by atoms with Crippen molar-refractivity contribution in [2.45, 2.75) is 20.3 Å². The Morgan fingerprint density at radius 2 is 1.91 bits per heavy atom.